The highest BCUT2D eigenvalue weighted by Crippen LogP contribution is 2.09. The van der Waals surface area contributed by atoms with Gasteiger partial charge in [0.1, 0.15) is 0 Å². The van der Waals surface area contributed by atoms with E-state index in [2.05, 4.69) is 10.6 Å². The molecule has 0 radical (unpaired) electrons. The number of carbonyl (C=O) groups is 1. The minimum atomic E-state index is 0. The molecule has 0 atom stereocenters. The van der Waals surface area contributed by atoms with Gasteiger partial charge in [0.05, 0.1) is 5.92 Å². The number of carbonyl (C=O) groups excluding carboxylic acids is 1. The van der Waals surface area contributed by atoms with Crippen LogP contribution in [0.1, 0.15) is 5.56 Å². The van der Waals surface area contributed by atoms with E-state index < -0.39 is 0 Å². The largest absolute Gasteiger partial charge is 0.355 e. The normalized spacial score (nSPS) is 14.6. The summed E-state index contributed by atoms with van der Waals surface area (Å²) < 4.78 is 0. The lowest BCUT2D eigenvalue weighted by atomic mass is 10.0. The van der Waals surface area contributed by atoms with Gasteiger partial charge in [0.15, 0.2) is 0 Å². The first-order valence-corrected chi connectivity index (χ1v) is 5.86. The van der Waals surface area contributed by atoms with Gasteiger partial charge in [-0.25, -0.2) is 0 Å². The average molecular weight is 275 g/mol. The molecule has 5 heteroatoms. The van der Waals surface area contributed by atoms with Crippen molar-refractivity contribution in [3.05, 3.63) is 34.9 Å². The zero-order chi connectivity index (χ0) is 11.4. The van der Waals surface area contributed by atoms with Crippen LogP contribution in [0.15, 0.2) is 24.3 Å². The summed E-state index contributed by atoms with van der Waals surface area (Å²) in [7, 11) is 0. The Hall–Kier alpha value is -0.770. The van der Waals surface area contributed by atoms with E-state index in [0.717, 1.165) is 24.5 Å². The first kappa shape index (κ1) is 14.3. The molecule has 0 spiro atoms. The fourth-order valence-corrected chi connectivity index (χ4v) is 1.73. The van der Waals surface area contributed by atoms with E-state index in [9.17, 15) is 4.79 Å². The second kappa shape index (κ2) is 6.84. The van der Waals surface area contributed by atoms with Crippen LogP contribution in [0.3, 0.4) is 0 Å². The Balaban J connectivity index is 0.00000144. The molecule has 3 nitrogen and oxygen atoms in total. The lowest BCUT2D eigenvalue weighted by Gasteiger charge is -2.25. The maximum Gasteiger partial charge on any atom is 0.225 e. The summed E-state index contributed by atoms with van der Waals surface area (Å²) in [6.07, 6.45) is 0.850. The Labute approximate surface area is 112 Å². The predicted octanol–water partition coefficient (Wildman–Crippen LogP) is 1.64. The fraction of sp³-hybridized carbons (Fsp3) is 0.417. The molecule has 1 fully saturated rings. The molecule has 2 rings (SSSR count). The Morgan fingerprint density at radius 2 is 2.00 bits per heavy atom. The van der Waals surface area contributed by atoms with Crippen LogP contribution in [-0.2, 0) is 11.2 Å². The average Bonchev–Trinajstić information content (AvgIpc) is 2.18. The number of halogens is 2. The smallest absolute Gasteiger partial charge is 0.225 e. The van der Waals surface area contributed by atoms with Crippen LogP contribution in [0, 0.1) is 5.92 Å². The van der Waals surface area contributed by atoms with E-state index in [-0.39, 0.29) is 24.2 Å². The van der Waals surface area contributed by atoms with Crippen LogP contribution < -0.4 is 10.6 Å². The molecule has 0 aromatic heterocycles. The minimum absolute atomic E-state index is 0. The van der Waals surface area contributed by atoms with Gasteiger partial charge in [-0.2, -0.15) is 0 Å². The van der Waals surface area contributed by atoms with Crippen molar-refractivity contribution in [1.29, 1.82) is 0 Å². The third-order valence-corrected chi connectivity index (χ3v) is 3.03. The van der Waals surface area contributed by atoms with Crippen LogP contribution in [0.25, 0.3) is 0 Å². The Morgan fingerprint density at radius 3 is 2.53 bits per heavy atom. The zero-order valence-electron chi connectivity index (χ0n) is 9.41. The van der Waals surface area contributed by atoms with Crippen molar-refractivity contribution < 1.29 is 4.79 Å². The Kier molecular flexibility index (Phi) is 5.75. The molecule has 0 saturated carbocycles. The van der Waals surface area contributed by atoms with E-state index >= 15 is 0 Å². The molecule has 1 heterocycles. The summed E-state index contributed by atoms with van der Waals surface area (Å²) >= 11 is 5.79. The fourth-order valence-electron chi connectivity index (χ4n) is 1.60. The number of hydrogen-bond acceptors (Lipinski definition) is 2. The summed E-state index contributed by atoms with van der Waals surface area (Å²) in [5.41, 5.74) is 1.19. The Bertz CT molecular complexity index is 363. The molecular weight excluding hydrogens is 259 g/mol. The van der Waals surface area contributed by atoms with Crippen molar-refractivity contribution in [2.75, 3.05) is 19.6 Å². The second-order valence-electron chi connectivity index (χ2n) is 4.02. The second-order valence-corrected chi connectivity index (χ2v) is 4.46. The van der Waals surface area contributed by atoms with E-state index in [0.29, 0.717) is 6.54 Å². The van der Waals surface area contributed by atoms with Crippen LogP contribution >= 0.6 is 24.0 Å². The molecule has 0 unspecified atom stereocenters. The number of amides is 1. The third-order valence-electron chi connectivity index (χ3n) is 2.78. The van der Waals surface area contributed by atoms with Crippen molar-refractivity contribution in [3.63, 3.8) is 0 Å². The number of rotatable bonds is 4. The Morgan fingerprint density at radius 1 is 1.35 bits per heavy atom. The first-order valence-electron chi connectivity index (χ1n) is 5.48. The summed E-state index contributed by atoms with van der Waals surface area (Å²) in [4.78, 5) is 11.5. The monoisotopic (exact) mass is 274 g/mol. The quantitative estimate of drug-likeness (QED) is 0.877. The van der Waals surface area contributed by atoms with E-state index in [1.54, 1.807) is 0 Å². The van der Waals surface area contributed by atoms with Crippen molar-refractivity contribution in [2.45, 2.75) is 6.42 Å². The molecule has 94 valence electrons. The van der Waals surface area contributed by atoms with Crippen LogP contribution in [0.4, 0.5) is 0 Å². The first-order chi connectivity index (χ1) is 7.75. The van der Waals surface area contributed by atoms with Gasteiger partial charge in [-0.15, -0.1) is 12.4 Å². The number of benzene rings is 1. The van der Waals surface area contributed by atoms with Gasteiger partial charge >= 0.3 is 0 Å². The van der Waals surface area contributed by atoms with Gasteiger partial charge in [0.2, 0.25) is 5.91 Å². The van der Waals surface area contributed by atoms with Crippen molar-refractivity contribution in [3.8, 4) is 0 Å². The van der Waals surface area contributed by atoms with Crippen molar-refractivity contribution >= 4 is 29.9 Å². The molecule has 2 N–H and O–H groups in total. The SMILES string of the molecule is Cl.O=C(NCCc1ccc(Cl)cc1)C1CNC1. The topological polar surface area (TPSA) is 41.1 Å². The molecule has 0 bridgehead atoms. The zero-order valence-corrected chi connectivity index (χ0v) is 11.0. The number of hydrogen-bond donors (Lipinski definition) is 2. The highest BCUT2D eigenvalue weighted by Gasteiger charge is 2.23. The summed E-state index contributed by atoms with van der Waals surface area (Å²) in [6, 6.07) is 7.71. The highest BCUT2D eigenvalue weighted by molar-refractivity contribution is 6.30. The third kappa shape index (κ3) is 4.19. The molecule has 1 aromatic carbocycles. The van der Waals surface area contributed by atoms with Gasteiger partial charge in [-0.1, -0.05) is 23.7 Å². The minimum Gasteiger partial charge on any atom is -0.355 e. The molecule has 1 saturated heterocycles. The molecule has 1 aliphatic rings. The molecule has 17 heavy (non-hydrogen) atoms. The van der Waals surface area contributed by atoms with E-state index in [1.807, 2.05) is 24.3 Å². The van der Waals surface area contributed by atoms with E-state index in [4.69, 9.17) is 11.6 Å². The molecule has 1 aromatic rings. The lowest BCUT2D eigenvalue weighted by molar-refractivity contribution is -0.126. The summed E-state index contributed by atoms with van der Waals surface area (Å²) in [6.45, 7) is 2.32. The van der Waals surface area contributed by atoms with Gasteiger partial charge in [0.25, 0.3) is 0 Å². The number of nitrogens with one attached hydrogen (secondary N) is 2. The lowest BCUT2D eigenvalue weighted by Crippen LogP contribution is -2.51. The summed E-state index contributed by atoms with van der Waals surface area (Å²) in [5.74, 6) is 0.331. The maximum atomic E-state index is 11.5. The van der Waals surface area contributed by atoms with Gasteiger partial charge < -0.3 is 10.6 Å². The molecule has 1 aliphatic heterocycles. The maximum absolute atomic E-state index is 11.5. The molecular formula is C12H16Cl2N2O. The molecule has 0 aliphatic carbocycles. The predicted molar refractivity (Wildman–Crippen MR) is 71.8 cm³/mol. The van der Waals surface area contributed by atoms with Crippen molar-refractivity contribution in [2.24, 2.45) is 5.92 Å². The van der Waals surface area contributed by atoms with Gasteiger partial charge in [-0.3, -0.25) is 4.79 Å². The van der Waals surface area contributed by atoms with Gasteiger partial charge in [-0.05, 0) is 24.1 Å². The van der Waals surface area contributed by atoms with Crippen molar-refractivity contribution in [1.82, 2.24) is 10.6 Å². The van der Waals surface area contributed by atoms with Crippen LogP contribution in [0.5, 0.6) is 0 Å². The van der Waals surface area contributed by atoms with E-state index in [1.165, 1.54) is 5.56 Å². The highest BCUT2D eigenvalue weighted by atomic mass is 35.5. The molecule has 1 amide bonds. The van der Waals surface area contributed by atoms with Crippen LogP contribution in [-0.4, -0.2) is 25.5 Å². The van der Waals surface area contributed by atoms with Gasteiger partial charge in [0, 0.05) is 24.7 Å². The summed E-state index contributed by atoms with van der Waals surface area (Å²) in [5, 5.41) is 6.76. The van der Waals surface area contributed by atoms with Crippen LogP contribution in [0.2, 0.25) is 5.02 Å². The standard InChI is InChI=1S/C12H15ClN2O.ClH/c13-11-3-1-9(2-4-11)5-6-15-12(16)10-7-14-8-10;/h1-4,10,14H,5-8H2,(H,15,16);1H.